The first-order valence-corrected chi connectivity index (χ1v) is 9.84. The van der Waals surface area contributed by atoms with Crippen LogP contribution < -0.4 is 9.64 Å². The highest BCUT2D eigenvalue weighted by Gasteiger charge is 2.15. The molecule has 0 radical (unpaired) electrons. The molecule has 0 heterocycles. The Morgan fingerprint density at radius 1 is 0.759 bits per heavy atom. The quantitative estimate of drug-likeness (QED) is 0.587. The van der Waals surface area contributed by atoms with Crippen LogP contribution in [0.5, 0.6) is 5.75 Å². The number of hydrogen-bond donors (Lipinski definition) is 2. The molecule has 0 spiro atoms. The lowest BCUT2D eigenvalue weighted by Gasteiger charge is -2.27. The number of benzene rings is 3. The smallest absolute Gasteiger partial charge is 0.121 e. The molecular weight excluding hydrogens is 362 g/mol. The Balaban J connectivity index is 2.08. The molecule has 29 heavy (non-hydrogen) atoms. The molecule has 0 aromatic heterocycles. The van der Waals surface area contributed by atoms with E-state index in [-0.39, 0.29) is 13.2 Å². The fourth-order valence-electron chi connectivity index (χ4n) is 3.56. The monoisotopic (exact) mass is 391 g/mol. The maximum absolute atomic E-state index is 9.59. The minimum atomic E-state index is -0.895. The van der Waals surface area contributed by atoms with Gasteiger partial charge in [-0.15, -0.1) is 0 Å². The van der Waals surface area contributed by atoms with Gasteiger partial charge in [-0.2, -0.15) is 0 Å². The number of hydrogen-bond acceptors (Lipinski definition) is 4. The van der Waals surface area contributed by atoms with Gasteiger partial charge in [-0.05, 0) is 86.3 Å². The van der Waals surface area contributed by atoms with E-state index in [1.165, 1.54) is 22.3 Å². The van der Waals surface area contributed by atoms with Crippen LogP contribution in [-0.4, -0.2) is 29.5 Å². The zero-order valence-corrected chi connectivity index (χ0v) is 17.5. The minimum absolute atomic E-state index is 0.0487. The third-order valence-corrected chi connectivity index (χ3v) is 4.66. The number of aliphatic hydroxyl groups is 2. The number of ether oxygens (including phenoxy) is 1. The summed E-state index contributed by atoms with van der Waals surface area (Å²) in [5, 5.41) is 18.6. The van der Waals surface area contributed by atoms with E-state index >= 15 is 0 Å². The zero-order valence-electron chi connectivity index (χ0n) is 17.5. The Hall–Kier alpha value is -2.82. The first kappa shape index (κ1) is 20.9. The summed E-state index contributed by atoms with van der Waals surface area (Å²) in [6, 6.07) is 20.8. The van der Waals surface area contributed by atoms with E-state index in [1.54, 1.807) is 0 Å². The van der Waals surface area contributed by atoms with Crippen molar-refractivity contribution in [1.29, 1.82) is 0 Å². The molecule has 0 fully saturated rings. The summed E-state index contributed by atoms with van der Waals surface area (Å²) in [5.41, 5.74) is 7.94. The predicted octanol–water partition coefficient (Wildman–Crippen LogP) is 5.12. The first-order valence-electron chi connectivity index (χ1n) is 9.84. The molecule has 4 nitrogen and oxygen atoms in total. The van der Waals surface area contributed by atoms with Gasteiger partial charge in [0.2, 0.25) is 0 Å². The lowest BCUT2D eigenvalue weighted by atomic mass is 10.1. The molecule has 3 rings (SSSR count). The standard InChI is InChI=1S/C25H29NO3/c1-17-8-18(2)11-22(10-17)26(23-12-19(3)9-20(4)13-23)21-6-5-7-25(14-21)29-16-24(28)15-27/h5-14,24,27-28H,15-16H2,1-4H3. The average Bonchev–Trinajstić information content (AvgIpc) is 2.65. The van der Waals surface area contributed by atoms with Gasteiger partial charge in [0, 0.05) is 23.1 Å². The number of rotatable bonds is 7. The Morgan fingerprint density at radius 3 is 1.76 bits per heavy atom. The SMILES string of the molecule is Cc1cc(C)cc(N(c2cc(C)cc(C)c2)c2cccc(OCC(O)CO)c2)c1. The predicted molar refractivity (Wildman–Crippen MR) is 119 cm³/mol. The van der Waals surface area contributed by atoms with Crippen LogP contribution in [0.1, 0.15) is 22.3 Å². The van der Waals surface area contributed by atoms with Crippen LogP contribution in [-0.2, 0) is 0 Å². The molecule has 0 aliphatic carbocycles. The van der Waals surface area contributed by atoms with Crippen molar-refractivity contribution in [3.8, 4) is 5.75 Å². The fraction of sp³-hybridized carbons (Fsp3) is 0.280. The van der Waals surface area contributed by atoms with E-state index in [0.717, 1.165) is 17.1 Å². The Labute approximate surface area is 173 Å². The maximum atomic E-state index is 9.59. The third-order valence-electron chi connectivity index (χ3n) is 4.66. The highest BCUT2D eigenvalue weighted by molar-refractivity contribution is 5.78. The topological polar surface area (TPSA) is 52.9 Å². The molecule has 1 unspecified atom stereocenters. The van der Waals surface area contributed by atoms with Crippen LogP contribution >= 0.6 is 0 Å². The second-order valence-electron chi connectivity index (χ2n) is 7.67. The summed E-state index contributed by atoms with van der Waals surface area (Å²) in [5.74, 6) is 0.647. The largest absolute Gasteiger partial charge is 0.491 e. The molecule has 1 atom stereocenters. The fourth-order valence-corrected chi connectivity index (χ4v) is 3.56. The molecule has 3 aromatic carbocycles. The molecule has 3 aromatic rings. The highest BCUT2D eigenvalue weighted by Crippen LogP contribution is 2.37. The van der Waals surface area contributed by atoms with Gasteiger partial charge in [-0.3, -0.25) is 0 Å². The van der Waals surface area contributed by atoms with Gasteiger partial charge in [0.1, 0.15) is 18.5 Å². The van der Waals surface area contributed by atoms with Gasteiger partial charge < -0.3 is 19.8 Å². The number of nitrogens with zero attached hydrogens (tertiary/aromatic N) is 1. The summed E-state index contributed by atoms with van der Waals surface area (Å²) < 4.78 is 5.68. The van der Waals surface area contributed by atoms with Crippen LogP contribution in [0.3, 0.4) is 0 Å². The van der Waals surface area contributed by atoms with Crippen LogP contribution in [0.15, 0.2) is 60.7 Å². The Kier molecular flexibility index (Phi) is 6.57. The molecule has 152 valence electrons. The molecule has 0 aliphatic heterocycles. The van der Waals surface area contributed by atoms with Gasteiger partial charge in [-0.1, -0.05) is 18.2 Å². The first-order chi connectivity index (χ1) is 13.9. The van der Waals surface area contributed by atoms with Crippen LogP contribution in [0, 0.1) is 27.7 Å². The highest BCUT2D eigenvalue weighted by atomic mass is 16.5. The van der Waals surface area contributed by atoms with E-state index < -0.39 is 6.10 Å². The normalized spacial score (nSPS) is 11.9. The minimum Gasteiger partial charge on any atom is -0.491 e. The molecular formula is C25H29NO3. The lowest BCUT2D eigenvalue weighted by Crippen LogP contribution is -2.21. The van der Waals surface area contributed by atoms with Crippen LogP contribution in [0.25, 0.3) is 0 Å². The van der Waals surface area contributed by atoms with Crippen molar-refractivity contribution in [2.24, 2.45) is 0 Å². The second kappa shape index (κ2) is 9.12. The Morgan fingerprint density at radius 2 is 1.28 bits per heavy atom. The maximum Gasteiger partial charge on any atom is 0.121 e. The van der Waals surface area contributed by atoms with Gasteiger partial charge in [-0.25, -0.2) is 0 Å². The van der Waals surface area contributed by atoms with Crippen molar-refractivity contribution < 1.29 is 14.9 Å². The van der Waals surface area contributed by atoms with Crippen LogP contribution in [0.4, 0.5) is 17.1 Å². The second-order valence-corrected chi connectivity index (χ2v) is 7.67. The molecule has 0 saturated heterocycles. The molecule has 0 bridgehead atoms. The van der Waals surface area contributed by atoms with Gasteiger partial charge in [0.05, 0.1) is 6.61 Å². The third kappa shape index (κ3) is 5.37. The molecule has 0 amide bonds. The molecule has 0 aliphatic rings. The van der Waals surface area contributed by atoms with Crippen molar-refractivity contribution in [3.63, 3.8) is 0 Å². The van der Waals surface area contributed by atoms with Gasteiger partial charge >= 0.3 is 0 Å². The van der Waals surface area contributed by atoms with Crippen molar-refractivity contribution in [3.05, 3.63) is 82.9 Å². The Bertz CT molecular complexity index is 892. The van der Waals surface area contributed by atoms with E-state index in [9.17, 15) is 5.11 Å². The van der Waals surface area contributed by atoms with Gasteiger partial charge in [0.25, 0.3) is 0 Å². The number of aliphatic hydroxyl groups excluding tert-OH is 2. The van der Waals surface area contributed by atoms with Crippen molar-refractivity contribution in [2.45, 2.75) is 33.8 Å². The van der Waals surface area contributed by atoms with Crippen molar-refractivity contribution >= 4 is 17.1 Å². The number of aryl methyl sites for hydroxylation is 4. The zero-order chi connectivity index (χ0) is 21.0. The van der Waals surface area contributed by atoms with Crippen LogP contribution in [0.2, 0.25) is 0 Å². The average molecular weight is 392 g/mol. The van der Waals surface area contributed by atoms with E-state index in [1.807, 2.05) is 24.3 Å². The summed E-state index contributed by atoms with van der Waals surface area (Å²) in [4.78, 5) is 2.22. The van der Waals surface area contributed by atoms with E-state index in [0.29, 0.717) is 5.75 Å². The summed E-state index contributed by atoms with van der Waals surface area (Å²) in [6.07, 6.45) is -0.895. The lowest BCUT2D eigenvalue weighted by molar-refractivity contribution is 0.0536. The van der Waals surface area contributed by atoms with Crippen molar-refractivity contribution in [2.75, 3.05) is 18.1 Å². The van der Waals surface area contributed by atoms with Crippen molar-refractivity contribution in [1.82, 2.24) is 0 Å². The van der Waals surface area contributed by atoms with E-state index in [2.05, 4.69) is 69.0 Å². The molecule has 4 heteroatoms. The summed E-state index contributed by atoms with van der Waals surface area (Å²) in [7, 11) is 0. The van der Waals surface area contributed by atoms with Gasteiger partial charge in [0.15, 0.2) is 0 Å². The molecule has 2 N–H and O–H groups in total. The molecule has 0 saturated carbocycles. The summed E-state index contributed by atoms with van der Waals surface area (Å²) in [6.45, 7) is 8.14. The summed E-state index contributed by atoms with van der Waals surface area (Å²) >= 11 is 0. The van der Waals surface area contributed by atoms with E-state index in [4.69, 9.17) is 9.84 Å². The number of anilines is 3.